The molecule has 1 aliphatic rings. The number of nitrogens with zero attached hydrogens (tertiary/aromatic N) is 2. The first-order valence-electron chi connectivity index (χ1n) is 7.63. The Balaban J connectivity index is 1.44. The SMILES string of the molecule is Cc1ccc(-c2cc(NC(=O)C3CCc4cn[nH]c4C3)n[nH]2)o1. The maximum atomic E-state index is 12.4. The van der Waals surface area contributed by atoms with Crippen molar-refractivity contribution in [2.24, 2.45) is 5.92 Å². The van der Waals surface area contributed by atoms with E-state index in [1.165, 1.54) is 5.56 Å². The van der Waals surface area contributed by atoms with Crippen LogP contribution in [0.3, 0.4) is 0 Å². The highest BCUT2D eigenvalue weighted by Crippen LogP contribution is 2.26. The standard InChI is InChI=1S/C16H17N5O2/c1-9-2-5-14(23-9)13-7-15(21-20-13)18-16(22)10-3-4-11-8-17-19-12(11)6-10/h2,5,7-8,10H,3-4,6H2,1H3,(H,17,19)(H2,18,20,21,22). The van der Waals surface area contributed by atoms with Gasteiger partial charge in [0.15, 0.2) is 11.6 Å². The molecule has 0 saturated carbocycles. The van der Waals surface area contributed by atoms with Crippen LogP contribution in [0.1, 0.15) is 23.4 Å². The zero-order valence-electron chi connectivity index (χ0n) is 12.7. The summed E-state index contributed by atoms with van der Waals surface area (Å²) in [5, 5.41) is 16.9. The number of aromatic amines is 2. The summed E-state index contributed by atoms with van der Waals surface area (Å²) in [5.74, 6) is 1.97. The molecule has 0 aromatic carbocycles. The Labute approximate surface area is 132 Å². The predicted molar refractivity (Wildman–Crippen MR) is 83.8 cm³/mol. The van der Waals surface area contributed by atoms with Crippen LogP contribution in [0.25, 0.3) is 11.5 Å². The van der Waals surface area contributed by atoms with Gasteiger partial charge in [0.05, 0.1) is 6.20 Å². The molecule has 0 saturated heterocycles. The van der Waals surface area contributed by atoms with E-state index in [1.807, 2.05) is 25.3 Å². The third-order valence-corrected chi connectivity index (χ3v) is 4.23. The molecular weight excluding hydrogens is 294 g/mol. The van der Waals surface area contributed by atoms with Gasteiger partial charge in [-0.1, -0.05) is 0 Å². The van der Waals surface area contributed by atoms with Gasteiger partial charge in [-0.3, -0.25) is 15.0 Å². The van der Waals surface area contributed by atoms with Gasteiger partial charge >= 0.3 is 0 Å². The molecule has 3 aromatic rings. The van der Waals surface area contributed by atoms with E-state index in [2.05, 4.69) is 25.7 Å². The topological polar surface area (TPSA) is 99.6 Å². The molecule has 1 amide bonds. The Hall–Kier alpha value is -2.83. The minimum atomic E-state index is -0.0612. The van der Waals surface area contributed by atoms with E-state index < -0.39 is 0 Å². The third kappa shape index (κ3) is 2.65. The van der Waals surface area contributed by atoms with Crippen molar-refractivity contribution in [1.29, 1.82) is 0 Å². The van der Waals surface area contributed by atoms with Gasteiger partial charge in [0.25, 0.3) is 0 Å². The van der Waals surface area contributed by atoms with Crippen LogP contribution in [0.5, 0.6) is 0 Å². The van der Waals surface area contributed by atoms with Crippen LogP contribution in [0.4, 0.5) is 5.82 Å². The lowest BCUT2D eigenvalue weighted by molar-refractivity contribution is -0.120. The van der Waals surface area contributed by atoms with Crippen LogP contribution in [-0.4, -0.2) is 26.3 Å². The number of hydrogen-bond donors (Lipinski definition) is 3. The number of hydrogen-bond acceptors (Lipinski definition) is 4. The number of fused-ring (bicyclic) bond motifs is 1. The van der Waals surface area contributed by atoms with E-state index in [4.69, 9.17) is 4.42 Å². The lowest BCUT2D eigenvalue weighted by Gasteiger charge is -2.20. The summed E-state index contributed by atoms with van der Waals surface area (Å²) in [4.78, 5) is 12.4. The number of rotatable bonds is 3. The maximum Gasteiger partial charge on any atom is 0.229 e. The number of anilines is 1. The fourth-order valence-electron chi connectivity index (χ4n) is 2.95. The molecule has 118 valence electrons. The molecule has 23 heavy (non-hydrogen) atoms. The lowest BCUT2D eigenvalue weighted by Crippen LogP contribution is -2.28. The summed E-state index contributed by atoms with van der Waals surface area (Å²) in [6, 6.07) is 5.54. The number of carbonyl (C=O) groups excluding carboxylic acids is 1. The molecule has 4 rings (SSSR count). The van der Waals surface area contributed by atoms with E-state index >= 15 is 0 Å². The van der Waals surface area contributed by atoms with Gasteiger partial charge in [-0.15, -0.1) is 0 Å². The lowest BCUT2D eigenvalue weighted by atomic mass is 9.87. The maximum absolute atomic E-state index is 12.4. The number of aromatic nitrogens is 4. The first-order valence-corrected chi connectivity index (χ1v) is 7.63. The van der Waals surface area contributed by atoms with Crippen molar-refractivity contribution in [3.63, 3.8) is 0 Å². The molecule has 7 heteroatoms. The van der Waals surface area contributed by atoms with Crippen LogP contribution in [-0.2, 0) is 17.6 Å². The molecule has 0 bridgehead atoms. The Kier molecular flexibility index (Phi) is 3.25. The molecule has 7 nitrogen and oxygen atoms in total. The third-order valence-electron chi connectivity index (χ3n) is 4.23. The number of furan rings is 1. The number of carbonyl (C=O) groups is 1. The van der Waals surface area contributed by atoms with Gasteiger partial charge in [0.1, 0.15) is 11.5 Å². The first-order chi connectivity index (χ1) is 11.2. The summed E-state index contributed by atoms with van der Waals surface area (Å²) < 4.78 is 5.54. The van der Waals surface area contributed by atoms with E-state index in [0.717, 1.165) is 30.0 Å². The van der Waals surface area contributed by atoms with Gasteiger partial charge in [0.2, 0.25) is 5.91 Å². The van der Waals surface area contributed by atoms with Crippen molar-refractivity contribution in [2.75, 3.05) is 5.32 Å². The fraction of sp³-hybridized carbons (Fsp3) is 0.312. The van der Waals surface area contributed by atoms with Crippen molar-refractivity contribution >= 4 is 11.7 Å². The Morgan fingerprint density at radius 2 is 2.30 bits per heavy atom. The fourth-order valence-corrected chi connectivity index (χ4v) is 2.95. The van der Waals surface area contributed by atoms with E-state index in [0.29, 0.717) is 18.0 Å². The second kappa shape index (κ2) is 5.42. The van der Waals surface area contributed by atoms with Crippen LogP contribution >= 0.6 is 0 Å². The van der Waals surface area contributed by atoms with Crippen molar-refractivity contribution in [2.45, 2.75) is 26.2 Å². The molecule has 1 aliphatic carbocycles. The van der Waals surface area contributed by atoms with E-state index in [1.54, 1.807) is 6.07 Å². The van der Waals surface area contributed by atoms with E-state index in [-0.39, 0.29) is 11.8 Å². The van der Waals surface area contributed by atoms with E-state index in [9.17, 15) is 4.79 Å². The molecule has 0 aliphatic heterocycles. The number of nitrogens with one attached hydrogen (secondary N) is 3. The van der Waals surface area contributed by atoms with Crippen molar-refractivity contribution < 1.29 is 9.21 Å². The largest absolute Gasteiger partial charge is 0.460 e. The normalized spacial score (nSPS) is 17.0. The summed E-state index contributed by atoms with van der Waals surface area (Å²) >= 11 is 0. The number of aryl methyl sites for hydroxylation is 2. The summed E-state index contributed by atoms with van der Waals surface area (Å²) in [7, 11) is 0. The average molecular weight is 311 g/mol. The molecule has 1 unspecified atom stereocenters. The van der Waals surface area contributed by atoms with Crippen molar-refractivity contribution in [3.8, 4) is 11.5 Å². The zero-order valence-corrected chi connectivity index (χ0v) is 12.7. The van der Waals surface area contributed by atoms with Gasteiger partial charge in [-0.25, -0.2) is 0 Å². The summed E-state index contributed by atoms with van der Waals surface area (Å²) in [6.07, 6.45) is 4.24. The minimum Gasteiger partial charge on any atom is -0.460 e. The van der Waals surface area contributed by atoms with Crippen molar-refractivity contribution in [1.82, 2.24) is 20.4 Å². The van der Waals surface area contributed by atoms with Crippen molar-refractivity contribution in [3.05, 3.63) is 41.4 Å². The van der Waals surface area contributed by atoms with Crippen LogP contribution in [0.15, 0.2) is 28.8 Å². The number of H-pyrrole nitrogens is 2. The summed E-state index contributed by atoms with van der Waals surface area (Å²) in [6.45, 7) is 1.88. The quantitative estimate of drug-likeness (QED) is 0.691. The predicted octanol–water partition coefficient (Wildman–Crippen LogP) is 2.44. The Bertz CT molecular complexity index is 844. The highest BCUT2D eigenvalue weighted by molar-refractivity contribution is 5.92. The van der Waals surface area contributed by atoms with Gasteiger partial charge < -0.3 is 9.73 Å². The second-order valence-electron chi connectivity index (χ2n) is 5.88. The average Bonchev–Trinajstić information content (AvgIpc) is 3.26. The Morgan fingerprint density at radius 3 is 3.13 bits per heavy atom. The second-order valence-corrected chi connectivity index (χ2v) is 5.88. The molecule has 3 heterocycles. The molecule has 3 N–H and O–H groups in total. The highest BCUT2D eigenvalue weighted by Gasteiger charge is 2.26. The number of amides is 1. The molecule has 0 spiro atoms. The van der Waals surface area contributed by atoms with Gasteiger partial charge in [0, 0.05) is 24.1 Å². The van der Waals surface area contributed by atoms with Crippen LogP contribution in [0.2, 0.25) is 0 Å². The summed E-state index contributed by atoms with van der Waals surface area (Å²) in [5.41, 5.74) is 3.02. The van der Waals surface area contributed by atoms with Crippen LogP contribution in [0, 0.1) is 12.8 Å². The molecule has 0 fully saturated rings. The minimum absolute atomic E-state index is 0.0149. The monoisotopic (exact) mass is 311 g/mol. The molecular formula is C16H17N5O2. The van der Waals surface area contributed by atoms with Crippen LogP contribution < -0.4 is 5.32 Å². The first kappa shape index (κ1) is 13.8. The van der Waals surface area contributed by atoms with Gasteiger partial charge in [-0.2, -0.15) is 10.2 Å². The molecule has 1 atom stereocenters. The van der Waals surface area contributed by atoms with Gasteiger partial charge in [-0.05, 0) is 37.5 Å². The smallest absolute Gasteiger partial charge is 0.229 e. The Morgan fingerprint density at radius 1 is 1.39 bits per heavy atom. The zero-order chi connectivity index (χ0) is 15.8. The highest BCUT2D eigenvalue weighted by atomic mass is 16.3. The molecule has 3 aromatic heterocycles. The molecule has 0 radical (unpaired) electrons.